The maximum Gasteiger partial charge on any atom is 0.254 e. The van der Waals surface area contributed by atoms with Crippen LogP contribution in [-0.2, 0) is 0 Å². The molecule has 0 aliphatic rings. The van der Waals surface area contributed by atoms with Crippen molar-refractivity contribution >= 4 is 21.8 Å². The Kier molecular flexibility index (Phi) is 6.34. The minimum Gasteiger partial charge on any atom is -0.466 e. The van der Waals surface area contributed by atoms with Gasteiger partial charge in [-0.25, -0.2) is 0 Å². The van der Waals surface area contributed by atoms with E-state index in [4.69, 9.17) is 4.42 Å². The Hall–Kier alpha value is -0.770. The topological polar surface area (TPSA) is 42.2 Å². The molecule has 1 rings (SSSR count). The molecule has 0 aromatic carbocycles. The molecule has 0 saturated heterocycles. The lowest BCUT2D eigenvalue weighted by Gasteiger charge is -2.03. The first-order valence-electron chi connectivity index (χ1n) is 6.06. The second-order valence-electron chi connectivity index (χ2n) is 4.19. The van der Waals surface area contributed by atoms with E-state index in [1.807, 2.05) is 13.8 Å². The molecule has 1 N–H and O–H groups in total. The molecule has 96 valence electrons. The number of unbranched alkanes of at least 4 members (excludes halogenated alkanes) is 3. The Bertz CT molecular complexity index is 360. The largest absolute Gasteiger partial charge is 0.466 e. The van der Waals surface area contributed by atoms with Crippen LogP contribution in [0.3, 0.4) is 0 Å². The smallest absolute Gasteiger partial charge is 0.254 e. The van der Waals surface area contributed by atoms with Crippen molar-refractivity contribution in [3.8, 4) is 0 Å². The van der Waals surface area contributed by atoms with Crippen LogP contribution >= 0.6 is 15.9 Å². The van der Waals surface area contributed by atoms with Crippen LogP contribution in [0.5, 0.6) is 0 Å². The third-order valence-corrected chi connectivity index (χ3v) is 3.19. The summed E-state index contributed by atoms with van der Waals surface area (Å²) in [6, 6.07) is 1.79. The number of alkyl halides is 1. The van der Waals surface area contributed by atoms with Gasteiger partial charge in [-0.1, -0.05) is 28.8 Å². The van der Waals surface area contributed by atoms with Crippen molar-refractivity contribution in [2.45, 2.75) is 39.5 Å². The first-order chi connectivity index (χ1) is 8.15. The van der Waals surface area contributed by atoms with E-state index in [1.54, 1.807) is 6.07 Å². The number of carbonyl (C=O) groups excluding carboxylic acids is 1. The Morgan fingerprint density at radius 3 is 2.59 bits per heavy atom. The molecule has 0 bridgehead atoms. The molecule has 0 atom stereocenters. The average molecular weight is 302 g/mol. The van der Waals surface area contributed by atoms with E-state index in [0.29, 0.717) is 11.3 Å². The number of hydrogen-bond donors (Lipinski definition) is 1. The summed E-state index contributed by atoms with van der Waals surface area (Å²) in [5.41, 5.74) is 0.656. The molecule has 0 saturated carbocycles. The van der Waals surface area contributed by atoms with Crippen LogP contribution in [-0.4, -0.2) is 17.8 Å². The lowest BCUT2D eigenvalue weighted by molar-refractivity contribution is 0.0951. The number of nitrogens with one attached hydrogen (secondary N) is 1. The molecule has 3 nitrogen and oxygen atoms in total. The van der Waals surface area contributed by atoms with Crippen LogP contribution < -0.4 is 5.32 Å². The molecule has 1 aromatic rings. The van der Waals surface area contributed by atoms with Crippen molar-refractivity contribution in [3.63, 3.8) is 0 Å². The lowest BCUT2D eigenvalue weighted by atomic mass is 10.2. The summed E-state index contributed by atoms with van der Waals surface area (Å²) in [5.74, 6) is 1.45. The summed E-state index contributed by atoms with van der Waals surface area (Å²) in [6.07, 6.45) is 4.61. The third-order valence-electron chi connectivity index (χ3n) is 2.63. The second kappa shape index (κ2) is 7.54. The van der Waals surface area contributed by atoms with Crippen LogP contribution in [0.25, 0.3) is 0 Å². The highest BCUT2D eigenvalue weighted by molar-refractivity contribution is 9.09. The zero-order valence-electron chi connectivity index (χ0n) is 10.5. The van der Waals surface area contributed by atoms with E-state index in [9.17, 15) is 4.79 Å². The summed E-state index contributed by atoms with van der Waals surface area (Å²) in [7, 11) is 0. The molecule has 17 heavy (non-hydrogen) atoms. The number of furan rings is 1. The standard InChI is InChI=1S/C13H20BrNO2/c1-10-9-12(11(2)17-10)13(16)15-8-6-4-3-5-7-14/h9H,3-8H2,1-2H3,(H,15,16). The number of hydrogen-bond acceptors (Lipinski definition) is 2. The maximum absolute atomic E-state index is 11.8. The van der Waals surface area contributed by atoms with Gasteiger partial charge in [0, 0.05) is 11.9 Å². The van der Waals surface area contributed by atoms with E-state index >= 15 is 0 Å². The molecular formula is C13H20BrNO2. The normalized spacial score (nSPS) is 10.5. The van der Waals surface area contributed by atoms with E-state index < -0.39 is 0 Å². The molecule has 1 aromatic heterocycles. The van der Waals surface area contributed by atoms with Gasteiger partial charge in [0.1, 0.15) is 11.5 Å². The van der Waals surface area contributed by atoms with Crippen LogP contribution in [0.15, 0.2) is 10.5 Å². The Morgan fingerprint density at radius 2 is 2.00 bits per heavy atom. The lowest BCUT2D eigenvalue weighted by Crippen LogP contribution is -2.24. The van der Waals surface area contributed by atoms with E-state index in [0.717, 1.165) is 30.5 Å². The highest BCUT2D eigenvalue weighted by atomic mass is 79.9. The number of amides is 1. The number of aryl methyl sites for hydroxylation is 2. The molecule has 0 fully saturated rings. The maximum atomic E-state index is 11.8. The van der Waals surface area contributed by atoms with Crippen molar-refractivity contribution in [1.82, 2.24) is 5.32 Å². The zero-order chi connectivity index (χ0) is 12.7. The van der Waals surface area contributed by atoms with Gasteiger partial charge in [-0.2, -0.15) is 0 Å². The van der Waals surface area contributed by atoms with Crippen LogP contribution in [0.2, 0.25) is 0 Å². The fourth-order valence-corrected chi connectivity index (χ4v) is 2.12. The third kappa shape index (κ3) is 4.94. The molecule has 0 unspecified atom stereocenters. The highest BCUT2D eigenvalue weighted by Crippen LogP contribution is 2.13. The number of halogens is 1. The van der Waals surface area contributed by atoms with Gasteiger partial charge in [0.15, 0.2) is 0 Å². The van der Waals surface area contributed by atoms with E-state index in [1.165, 1.54) is 12.8 Å². The van der Waals surface area contributed by atoms with Gasteiger partial charge in [-0.15, -0.1) is 0 Å². The summed E-state index contributed by atoms with van der Waals surface area (Å²) < 4.78 is 5.33. The second-order valence-corrected chi connectivity index (χ2v) is 4.98. The van der Waals surface area contributed by atoms with Gasteiger partial charge in [0.05, 0.1) is 5.56 Å². The molecule has 0 spiro atoms. The van der Waals surface area contributed by atoms with Gasteiger partial charge in [0.25, 0.3) is 5.91 Å². The van der Waals surface area contributed by atoms with Gasteiger partial charge in [-0.3, -0.25) is 4.79 Å². The molecular weight excluding hydrogens is 282 g/mol. The first-order valence-corrected chi connectivity index (χ1v) is 7.18. The van der Waals surface area contributed by atoms with Gasteiger partial charge < -0.3 is 9.73 Å². The summed E-state index contributed by atoms with van der Waals surface area (Å²) in [4.78, 5) is 11.8. The van der Waals surface area contributed by atoms with Crippen LogP contribution in [0.4, 0.5) is 0 Å². The van der Waals surface area contributed by atoms with Gasteiger partial charge in [-0.05, 0) is 32.8 Å². The quantitative estimate of drug-likeness (QED) is 0.618. The average Bonchev–Trinajstić information content (AvgIpc) is 2.62. The fraction of sp³-hybridized carbons (Fsp3) is 0.615. The Balaban J connectivity index is 2.23. The van der Waals surface area contributed by atoms with E-state index in [-0.39, 0.29) is 5.91 Å². The predicted octanol–water partition coefficient (Wildman–Crippen LogP) is 3.58. The van der Waals surface area contributed by atoms with Gasteiger partial charge in [0.2, 0.25) is 0 Å². The predicted molar refractivity (Wildman–Crippen MR) is 72.8 cm³/mol. The number of rotatable bonds is 7. The zero-order valence-corrected chi connectivity index (χ0v) is 12.1. The van der Waals surface area contributed by atoms with Crippen molar-refractivity contribution in [2.75, 3.05) is 11.9 Å². The molecule has 4 heteroatoms. The first kappa shape index (κ1) is 14.3. The highest BCUT2D eigenvalue weighted by Gasteiger charge is 2.12. The summed E-state index contributed by atoms with van der Waals surface area (Å²) in [6.45, 7) is 4.41. The van der Waals surface area contributed by atoms with Crippen molar-refractivity contribution in [2.24, 2.45) is 0 Å². The molecule has 0 radical (unpaired) electrons. The minimum atomic E-state index is -0.0279. The monoisotopic (exact) mass is 301 g/mol. The molecule has 0 aliphatic carbocycles. The number of carbonyl (C=O) groups is 1. The Labute approximate surface area is 111 Å². The molecule has 1 heterocycles. The SMILES string of the molecule is Cc1cc(C(=O)NCCCCCCBr)c(C)o1. The summed E-state index contributed by atoms with van der Waals surface area (Å²) in [5, 5.41) is 3.98. The van der Waals surface area contributed by atoms with E-state index in [2.05, 4.69) is 21.2 Å². The van der Waals surface area contributed by atoms with Crippen LogP contribution in [0, 0.1) is 13.8 Å². The molecule has 0 aliphatic heterocycles. The fourth-order valence-electron chi connectivity index (χ4n) is 1.73. The van der Waals surface area contributed by atoms with Crippen LogP contribution in [0.1, 0.15) is 47.6 Å². The Morgan fingerprint density at radius 1 is 1.29 bits per heavy atom. The minimum absolute atomic E-state index is 0.0279. The van der Waals surface area contributed by atoms with Gasteiger partial charge >= 0.3 is 0 Å². The van der Waals surface area contributed by atoms with Crippen molar-refractivity contribution in [3.05, 3.63) is 23.2 Å². The molecule has 1 amide bonds. The van der Waals surface area contributed by atoms with Crippen molar-refractivity contribution < 1.29 is 9.21 Å². The summed E-state index contributed by atoms with van der Waals surface area (Å²) >= 11 is 3.40. The van der Waals surface area contributed by atoms with Crippen molar-refractivity contribution in [1.29, 1.82) is 0 Å².